The average Bonchev–Trinajstić information content (AvgIpc) is 2.36. The van der Waals surface area contributed by atoms with Crippen LogP contribution >= 0.6 is 11.6 Å². The van der Waals surface area contributed by atoms with Gasteiger partial charge in [-0.2, -0.15) is 9.98 Å². The molecule has 0 aliphatic carbocycles. The number of hydrogen-bond donors (Lipinski definition) is 2. The lowest BCUT2D eigenvalue weighted by molar-refractivity contribution is -0.121. The Hall–Kier alpha value is -1.62. The van der Waals surface area contributed by atoms with Gasteiger partial charge < -0.3 is 5.32 Å². The molecule has 0 bridgehead atoms. The number of halogens is 1. The third-order valence-electron chi connectivity index (χ3n) is 2.32. The van der Waals surface area contributed by atoms with Crippen LogP contribution in [0.3, 0.4) is 0 Å². The zero-order chi connectivity index (χ0) is 14.6. The summed E-state index contributed by atoms with van der Waals surface area (Å²) in [5.41, 5.74) is 0.253. The molecule has 1 aromatic carbocycles. The van der Waals surface area contributed by atoms with Crippen LogP contribution in [0.4, 0.5) is 0 Å². The minimum Gasteiger partial charge on any atom is -0.358 e. The molecule has 0 spiro atoms. The van der Waals surface area contributed by atoms with Crippen molar-refractivity contribution in [3.05, 3.63) is 28.8 Å². The van der Waals surface area contributed by atoms with Crippen LogP contribution in [0.15, 0.2) is 23.1 Å². The van der Waals surface area contributed by atoms with Gasteiger partial charge in [-0.05, 0) is 25.1 Å². The summed E-state index contributed by atoms with van der Waals surface area (Å²) in [5, 5.41) is 10.9. The lowest BCUT2D eigenvalue weighted by atomic mass is 10.2. The molecule has 0 heterocycles. The Bertz CT molecular complexity index is 637. The maximum atomic E-state index is 12.0. The Morgan fingerprint density at radius 1 is 1.47 bits per heavy atom. The molecule has 0 aliphatic rings. The Morgan fingerprint density at radius 3 is 2.58 bits per heavy atom. The fraction of sp³-hybridized carbons (Fsp3) is 0.273. The van der Waals surface area contributed by atoms with E-state index in [-0.39, 0.29) is 15.5 Å². The summed E-state index contributed by atoms with van der Waals surface area (Å²) in [7, 11) is -2.52. The number of carbonyl (C=O) groups excluding carboxylic acids is 1. The van der Waals surface area contributed by atoms with Gasteiger partial charge in [0.2, 0.25) is 15.9 Å². The molecule has 0 fully saturated rings. The molecule has 8 heteroatoms. The first-order chi connectivity index (χ1) is 8.81. The van der Waals surface area contributed by atoms with Crippen molar-refractivity contribution in [1.29, 1.82) is 5.26 Å². The van der Waals surface area contributed by atoms with Crippen molar-refractivity contribution in [2.75, 3.05) is 7.05 Å². The molecule has 1 rings (SSSR count). The Labute approximate surface area is 116 Å². The molecule has 2 N–H and O–H groups in total. The van der Waals surface area contributed by atoms with Crippen molar-refractivity contribution in [3.63, 3.8) is 0 Å². The molecule has 0 saturated carbocycles. The number of nitrogens with one attached hydrogen (secondary N) is 2. The number of carbonyl (C=O) groups is 1. The van der Waals surface area contributed by atoms with E-state index in [0.717, 1.165) is 0 Å². The average molecular weight is 302 g/mol. The van der Waals surface area contributed by atoms with E-state index in [2.05, 4.69) is 10.0 Å². The van der Waals surface area contributed by atoms with Crippen LogP contribution in [0.25, 0.3) is 0 Å². The summed E-state index contributed by atoms with van der Waals surface area (Å²) in [6, 6.07) is 4.73. The molecule has 0 aromatic heterocycles. The highest BCUT2D eigenvalue weighted by atomic mass is 35.5. The van der Waals surface area contributed by atoms with E-state index in [1.54, 1.807) is 0 Å². The van der Waals surface area contributed by atoms with Gasteiger partial charge in [-0.25, -0.2) is 8.42 Å². The van der Waals surface area contributed by atoms with Gasteiger partial charge in [0.1, 0.15) is 4.90 Å². The maximum absolute atomic E-state index is 12.0. The highest BCUT2D eigenvalue weighted by Gasteiger charge is 2.23. The van der Waals surface area contributed by atoms with Gasteiger partial charge in [0.25, 0.3) is 0 Å². The molecule has 1 unspecified atom stereocenters. The summed E-state index contributed by atoms with van der Waals surface area (Å²) < 4.78 is 26.2. The van der Waals surface area contributed by atoms with Crippen molar-refractivity contribution >= 4 is 27.5 Å². The summed E-state index contributed by atoms with van der Waals surface area (Å²) in [5.74, 6) is -0.464. The van der Waals surface area contributed by atoms with Crippen molar-refractivity contribution in [2.45, 2.75) is 17.9 Å². The van der Waals surface area contributed by atoms with E-state index in [1.165, 1.54) is 32.2 Å². The third kappa shape index (κ3) is 3.67. The van der Waals surface area contributed by atoms with Crippen molar-refractivity contribution in [2.24, 2.45) is 0 Å². The zero-order valence-corrected chi connectivity index (χ0v) is 11.8. The standard InChI is InChI=1S/C11H12ClN3O3S/c1-7(11(16)14-2)15-19(17,18)10-4-3-8(6-13)5-9(10)12/h3-5,7,15H,1-2H3,(H,14,16). The molecule has 1 amide bonds. The highest BCUT2D eigenvalue weighted by molar-refractivity contribution is 7.89. The fourth-order valence-corrected chi connectivity index (χ4v) is 3.10. The minimum absolute atomic E-state index is 0.0735. The number of benzene rings is 1. The molecule has 1 atom stereocenters. The molecule has 19 heavy (non-hydrogen) atoms. The molecule has 0 saturated heterocycles. The summed E-state index contributed by atoms with van der Waals surface area (Å²) in [6.45, 7) is 1.41. The van der Waals surface area contributed by atoms with Gasteiger partial charge >= 0.3 is 0 Å². The second kappa shape index (κ2) is 6.02. The van der Waals surface area contributed by atoms with Crippen LogP contribution < -0.4 is 10.0 Å². The van der Waals surface area contributed by atoms with E-state index in [0.29, 0.717) is 0 Å². The number of rotatable bonds is 4. The predicted octanol–water partition coefficient (Wildman–Crippen LogP) is 0.624. The van der Waals surface area contributed by atoms with Gasteiger partial charge in [-0.3, -0.25) is 4.79 Å². The second-order valence-electron chi connectivity index (χ2n) is 3.71. The molecule has 0 radical (unpaired) electrons. The topological polar surface area (TPSA) is 99.1 Å². The fourth-order valence-electron chi connectivity index (χ4n) is 1.35. The first-order valence-electron chi connectivity index (χ1n) is 5.25. The lowest BCUT2D eigenvalue weighted by Crippen LogP contribution is -2.43. The van der Waals surface area contributed by atoms with Crippen LogP contribution in [0.1, 0.15) is 12.5 Å². The largest absolute Gasteiger partial charge is 0.358 e. The van der Waals surface area contributed by atoms with Gasteiger partial charge in [0.05, 0.1) is 22.7 Å². The molecule has 6 nitrogen and oxygen atoms in total. The Kier molecular flexibility index (Phi) is 4.89. The van der Waals surface area contributed by atoms with Crippen molar-refractivity contribution in [3.8, 4) is 6.07 Å². The van der Waals surface area contributed by atoms with Crippen LogP contribution in [-0.2, 0) is 14.8 Å². The normalized spacial score (nSPS) is 12.5. The summed E-state index contributed by atoms with van der Waals surface area (Å²) >= 11 is 5.82. The second-order valence-corrected chi connectivity index (χ2v) is 5.80. The number of nitriles is 1. The predicted molar refractivity (Wildman–Crippen MR) is 70.0 cm³/mol. The third-order valence-corrected chi connectivity index (χ3v) is 4.35. The van der Waals surface area contributed by atoms with Crippen LogP contribution in [0, 0.1) is 11.3 Å². The van der Waals surface area contributed by atoms with E-state index < -0.39 is 22.0 Å². The van der Waals surface area contributed by atoms with E-state index in [4.69, 9.17) is 16.9 Å². The number of sulfonamides is 1. The number of likely N-dealkylation sites (N-methyl/N-ethyl adjacent to an activating group) is 1. The van der Waals surface area contributed by atoms with E-state index in [1.807, 2.05) is 6.07 Å². The molecule has 1 aromatic rings. The zero-order valence-electron chi connectivity index (χ0n) is 10.3. The number of amides is 1. The number of hydrogen-bond acceptors (Lipinski definition) is 4. The summed E-state index contributed by atoms with van der Waals surface area (Å²) in [4.78, 5) is 11.1. The maximum Gasteiger partial charge on any atom is 0.242 e. The minimum atomic E-state index is -3.92. The summed E-state index contributed by atoms with van der Waals surface area (Å²) in [6.07, 6.45) is 0. The molecular weight excluding hydrogens is 290 g/mol. The molecular formula is C11H12ClN3O3S. The van der Waals surface area contributed by atoms with Crippen LogP contribution in [0.2, 0.25) is 5.02 Å². The van der Waals surface area contributed by atoms with Gasteiger partial charge in [-0.1, -0.05) is 11.6 Å². The van der Waals surface area contributed by atoms with E-state index >= 15 is 0 Å². The first kappa shape index (κ1) is 15.4. The smallest absolute Gasteiger partial charge is 0.242 e. The highest BCUT2D eigenvalue weighted by Crippen LogP contribution is 2.22. The quantitative estimate of drug-likeness (QED) is 0.851. The molecule has 102 valence electrons. The van der Waals surface area contributed by atoms with Gasteiger partial charge in [0.15, 0.2) is 0 Å². The van der Waals surface area contributed by atoms with E-state index in [9.17, 15) is 13.2 Å². The monoisotopic (exact) mass is 301 g/mol. The van der Waals surface area contributed by atoms with Crippen molar-refractivity contribution < 1.29 is 13.2 Å². The molecule has 0 aliphatic heterocycles. The lowest BCUT2D eigenvalue weighted by Gasteiger charge is -2.13. The SMILES string of the molecule is CNC(=O)C(C)NS(=O)(=O)c1ccc(C#N)cc1Cl. The first-order valence-corrected chi connectivity index (χ1v) is 7.11. The Balaban J connectivity index is 3.08. The van der Waals surface area contributed by atoms with Gasteiger partial charge in [0, 0.05) is 7.05 Å². The number of nitrogens with zero attached hydrogens (tertiary/aromatic N) is 1. The van der Waals surface area contributed by atoms with Crippen LogP contribution in [-0.4, -0.2) is 27.4 Å². The Morgan fingerprint density at radius 2 is 2.11 bits per heavy atom. The van der Waals surface area contributed by atoms with Crippen molar-refractivity contribution in [1.82, 2.24) is 10.0 Å². The van der Waals surface area contributed by atoms with Crippen LogP contribution in [0.5, 0.6) is 0 Å². The van der Waals surface area contributed by atoms with Gasteiger partial charge in [-0.15, -0.1) is 0 Å².